The van der Waals surface area contributed by atoms with Crippen molar-refractivity contribution in [1.29, 1.82) is 0 Å². The monoisotopic (exact) mass is 311 g/mol. The first-order valence-corrected chi connectivity index (χ1v) is 7.35. The smallest absolute Gasteiger partial charge is 0.238 e. The van der Waals surface area contributed by atoms with Crippen LogP contribution in [0.1, 0.15) is 13.8 Å². The molecular formula is C15H22ClN3O2. The van der Waals surface area contributed by atoms with Crippen molar-refractivity contribution in [2.75, 3.05) is 38.5 Å². The maximum absolute atomic E-state index is 11.9. The second-order valence-corrected chi connectivity index (χ2v) is 5.23. The molecule has 1 aromatic carbocycles. The Morgan fingerprint density at radius 3 is 2.43 bits per heavy atom. The van der Waals surface area contributed by atoms with Crippen LogP contribution in [0.2, 0.25) is 5.02 Å². The van der Waals surface area contributed by atoms with E-state index < -0.39 is 0 Å². The van der Waals surface area contributed by atoms with Gasteiger partial charge in [-0.3, -0.25) is 14.5 Å². The van der Waals surface area contributed by atoms with E-state index in [9.17, 15) is 9.59 Å². The van der Waals surface area contributed by atoms with E-state index >= 15 is 0 Å². The molecule has 0 atom stereocenters. The molecule has 1 N–H and O–H groups in total. The van der Waals surface area contributed by atoms with E-state index in [1.54, 1.807) is 41.1 Å². The summed E-state index contributed by atoms with van der Waals surface area (Å²) in [7, 11) is 1.75. The van der Waals surface area contributed by atoms with Crippen LogP contribution in [-0.2, 0) is 9.59 Å². The second kappa shape index (κ2) is 8.64. The Kier molecular flexibility index (Phi) is 7.19. The second-order valence-electron chi connectivity index (χ2n) is 4.80. The lowest BCUT2D eigenvalue weighted by Gasteiger charge is -2.22. The molecule has 0 saturated heterocycles. The number of anilines is 1. The highest BCUT2D eigenvalue weighted by atomic mass is 35.5. The maximum Gasteiger partial charge on any atom is 0.238 e. The van der Waals surface area contributed by atoms with E-state index in [1.807, 2.05) is 13.8 Å². The summed E-state index contributed by atoms with van der Waals surface area (Å²) in [6.07, 6.45) is 0. The van der Waals surface area contributed by atoms with Gasteiger partial charge in [-0.25, -0.2) is 0 Å². The van der Waals surface area contributed by atoms with Gasteiger partial charge in [0.25, 0.3) is 0 Å². The highest BCUT2D eigenvalue weighted by molar-refractivity contribution is 6.30. The van der Waals surface area contributed by atoms with Crippen LogP contribution in [0.4, 0.5) is 5.69 Å². The van der Waals surface area contributed by atoms with Crippen LogP contribution < -0.4 is 5.32 Å². The number of rotatable bonds is 7. The predicted octanol–water partition coefficient (Wildman–Crippen LogP) is 2.08. The topological polar surface area (TPSA) is 52.7 Å². The Morgan fingerprint density at radius 2 is 1.86 bits per heavy atom. The van der Waals surface area contributed by atoms with Gasteiger partial charge in [-0.2, -0.15) is 0 Å². The number of carbonyl (C=O) groups excluding carboxylic acids is 2. The van der Waals surface area contributed by atoms with Gasteiger partial charge in [0.1, 0.15) is 0 Å². The van der Waals surface area contributed by atoms with Crippen molar-refractivity contribution < 1.29 is 9.59 Å². The Morgan fingerprint density at radius 1 is 1.19 bits per heavy atom. The van der Waals surface area contributed by atoms with Crippen LogP contribution in [0.5, 0.6) is 0 Å². The predicted molar refractivity (Wildman–Crippen MR) is 85.5 cm³/mol. The highest BCUT2D eigenvalue weighted by Crippen LogP contribution is 2.14. The van der Waals surface area contributed by atoms with Gasteiger partial charge in [0.15, 0.2) is 0 Å². The molecule has 0 aliphatic rings. The van der Waals surface area contributed by atoms with Gasteiger partial charge >= 0.3 is 0 Å². The van der Waals surface area contributed by atoms with E-state index in [0.29, 0.717) is 23.8 Å². The molecule has 0 radical (unpaired) electrons. The van der Waals surface area contributed by atoms with E-state index in [4.69, 9.17) is 11.6 Å². The van der Waals surface area contributed by atoms with Crippen molar-refractivity contribution in [2.24, 2.45) is 0 Å². The molecule has 0 unspecified atom stereocenters. The summed E-state index contributed by atoms with van der Waals surface area (Å²) in [5, 5.41) is 3.32. The van der Waals surface area contributed by atoms with Gasteiger partial charge in [0, 0.05) is 23.8 Å². The van der Waals surface area contributed by atoms with Crippen molar-refractivity contribution in [2.45, 2.75) is 13.8 Å². The zero-order chi connectivity index (χ0) is 15.8. The molecule has 0 aliphatic heterocycles. The molecule has 0 spiro atoms. The van der Waals surface area contributed by atoms with Gasteiger partial charge in [-0.15, -0.1) is 0 Å². The lowest BCUT2D eigenvalue weighted by molar-refractivity contribution is -0.132. The fourth-order valence-electron chi connectivity index (χ4n) is 1.98. The van der Waals surface area contributed by atoms with Crippen LogP contribution in [0.15, 0.2) is 24.3 Å². The molecule has 116 valence electrons. The molecule has 6 heteroatoms. The number of amides is 2. The molecule has 1 aromatic rings. The summed E-state index contributed by atoms with van der Waals surface area (Å²) in [6.45, 7) is 5.61. The zero-order valence-electron chi connectivity index (χ0n) is 12.7. The number of nitrogens with one attached hydrogen (secondary N) is 1. The normalized spacial score (nSPS) is 10.5. The molecular weight excluding hydrogens is 290 g/mol. The van der Waals surface area contributed by atoms with Crippen molar-refractivity contribution in [3.63, 3.8) is 0 Å². The van der Waals surface area contributed by atoms with Gasteiger partial charge in [0.2, 0.25) is 11.8 Å². The number of carbonyl (C=O) groups is 2. The number of likely N-dealkylation sites (N-methyl/N-ethyl adjacent to an activating group) is 2. The minimum Gasteiger partial charge on any atom is -0.342 e. The Balaban J connectivity index is 2.45. The standard InChI is InChI=1S/C15H22ClN3O2/c1-4-19(5-2)15(21)11-18(3)10-14(20)17-13-8-6-7-12(16)9-13/h6-9H,4-5,10-11H2,1-3H3,(H,17,20). The van der Waals surface area contributed by atoms with Crippen molar-refractivity contribution in [3.05, 3.63) is 29.3 Å². The molecule has 0 aromatic heterocycles. The van der Waals surface area contributed by atoms with Gasteiger partial charge in [-0.1, -0.05) is 17.7 Å². The Labute approximate surface area is 130 Å². The summed E-state index contributed by atoms with van der Waals surface area (Å²) >= 11 is 5.86. The summed E-state index contributed by atoms with van der Waals surface area (Å²) in [4.78, 5) is 27.3. The molecule has 0 saturated carbocycles. The number of benzene rings is 1. The zero-order valence-corrected chi connectivity index (χ0v) is 13.5. The van der Waals surface area contributed by atoms with E-state index in [2.05, 4.69) is 5.32 Å². The molecule has 2 amide bonds. The van der Waals surface area contributed by atoms with Crippen LogP contribution in [0.3, 0.4) is 0 Å². The number of hydrogen-bond acceptors (Lipinski definition) is 3. The van der Waals surface area contributed by atoms with Crippen molar-refractivity contribution in [3.8, 4) is 0 Å². The van der Waals surface area contributed by atoms with Crippen LogP contribution in [0, 0.1) is 0 Å². The summed E-state index contributed by atoms with van der Waals surface area (Å²) in [6, 6.07) is 6.96. The van der Waals surface area contributed by atoms with E-state index in [0.717, 1.165) is 0 Å². The summed E-state index contributed by atoms with van der Waals surface area (Å²) < 4.78 is 0. The third-order valence-electron chi connectivity index (χ3n) is 3.04. The van der Waals surface area contributed by atoms with Crippen LogP contribution >= 0.6 is 11.6 Å². The SMILES string of the molecule is CCN(CC)C(=O)CN(C)CC(=O)Nc1cccc(Cl)c1. The third kappa shape index (κ3) is 6.14. The Bertz CT molecular complexity index is 490. The molecule has 0 aliphatic carbocycles. The third-order valence-corrected chi connectivity index (χ3v) is 3.28. The Hall–Kier alpha value is -1.59. The lowest BCUT2D eigenvalue weighted by Crippen LogP contribution is -2.41. The first-order chi connectivity index (χ1) is 9.96. The van der Waals surface area contributed by atoms with E-state index in [-0.39, 0.29) is 24.9 Å². The van der Waals surface area contributed by atoms with Gasteiger partial charge < -0.3 is 10.2 Å². The quantitative estimate of drug-likeness (QED) is 0.839. The largest absolute Gasteiger partial charge is 0.342 e. The van der Waals surface area contributed by atoms with Gasteiger partial charge in [-0.05, 0) is 39.1 Å². The number of nitrogens with zero attached hydrogens (tertiary/aromatic N) is 2. The molecule has 0 bridgehead atoms. The maximum atomic E-state index is 11.9. The molecule has 0 heterocycles. The van der Waals surface area contributed by atoms with Crippen molar-refractivity contribution >= 4 is 29.1 Å². The first kappa shape index (κ1) is 17.5. The summed E-state index contributed by atoms with van der Waals surface area (Å²) in [5.41, 5.74) is 0.649. The lowest BCUT2D eigenvalue weighted by atomic mass is 10.3. The van der Waals surface area contributed by atoms with Crippen LogP contribution in [0.25, 0.3) is 0 Å². The average Bonchev–Trinajstić information content (AvgIpc) is 2.39. The highest BCUT2D eigenvalue weighted by Gasteiger charge is 2.14. The van der Waals surface area contributed by atoms with E-state index in [1.165, 1.54) is 0 Å². The fraction of sp³-hybridized carbons (Fsp3) is 0.467. The molecule has 0 fully saturated rings. The molecule has 1 rings (SSSR count). The minimum atomic E-state index is -0.174. The molecule has 21 heavy (non-hydrogen) atoms. The van der Waals surface area contributed by atoms with Gasteiger partial charge in [0.05, 0.1) is 13.1 Å². The minimum absolute atomic E-state index is 0.0260. The van der Waals surface area contributed by atoms with Crippen molar-refractivity contribution in [1.82, 2.24) is 9.80 Å². The number of halogens is 1. The first-order valence-electron chi connectivity index (χ1n) is 6.98. The summed E-state index contributed by atoms with van der Waals surface area (Å²) in [5.74, 6) is -0.148. The fourth-order valence-corrected chi connectivity index (χ4v) is 2.17. The molecule has 5 nitrogen and oxygen atoms in total. The average molecular weight is 312 g/mol. The van der Waals surface area contributed by atoms with Crippen LogP contribution in [-0.4, -0.2) is 54.8 Å². The number of hydrogen-bond donors (Lipinski definition) is 1.